The summed E-state index contributed by atoms with van der Waals surface area (Å²) in [5.41, 5.74) is 2.46. The molecular formula is C18H23FIN3O. The molecular weight excluding hydrogens is 420 g/mol. The summed E-state index contributed by atoms with van der Waals surface area (Å²) < 4.78 is 13.3. The van der Waals surface area contributed by atoms with Crippen molar-refractivity contribution in [2.45, 2.75) is 19.6 Å². The molecule has 0 amide bonds. The average Bonchev–Trinajstić information content (AvgIpc) is 2.60. The van der Waals surface area contributed by atoms with Crippen molar-refractivity contribution in [3.63, 3.8) is 0 Å². The van der Waals surface area contributed by atoms with E-state index in [2.05, 4.69) is 27.8 Å². The maximum atomic E-state index is 13.3. The van der Waals surface area contributed by atoms with E-state index in [4.69, 9.17) is 5.11 Å². The van der Waals surface area contributed by atoms with Gasteiger partial charge in [0.15, 0.2) is 5.96 Å². The molecule has 0 saturated heterocycles. The molecule has 4 nitrogen and oxygen atoms in total. The second kappa shape index (κ2) is 11.0. The van der Waals surface area contributed by atoms with Crippen LogP contribution in [0, 0.1) is 5.82 Å². The topological polar surface area (TPSA) is 56.7 Å². The zero-order chi connectivity index (χ0) is 16.5. The largest absolute Gasteiger partial charge is 0.392 e. The lowest BCUT2D eigenvalue weighted by Crippen LogP contribution is -2.37. The van der Waals surface area contributed by atoms with Crippen LogP contribution in [0.4, 0.5) is 4.39 Å². The Bertz CT molecular complexity index is 650. The second-order valence-corrected chi connectivity index (χ2v) is 5.17. The number of hydrogen-bond donors (Lipinski definition) is 3. The van der Waals surface area contributed by atoms with E-state index in [9.17, 15) is 4.39 Å². The van der Waals surface area contributed by atoms with Gasteiger partial charge in [-0.05, 0) is 29.7 Å². The third-order valence-corrected chi connectivity index (χ3v) is 3.51. The second-order valence-electron chi connectivity index (χ2n) is 5.17. The smallest absolute Gasteiger partial charge is 0.191 e. The SMILES string of the molecule is CN=C(NCCc1ccccc1)NCc1ccc(F)c(CO)c1.I. The number of hydrogen-bond acceptors (Lipinski definition) is 2. The first-order chi connectivity index (χ1) is 11.2. The molecule has 0 bridgehead atoms. The van der Waals surface area contributed by atoms with Gasteiger partial charge in [0.05, 0.1) is 6.61 Å². The number of benzene rings is 2. The van der Waals surface area contributed by atoms with Gasteiger partial charge < -0.3 is 15.7 Å². The Hall–Kier alpha value is -1.67. The van der Waals surface area contributed by atoms with E-state index in [1.165, 1.54) is 11.6 Å². The maximum absolute atomic E-state index is 13.3. The van der Waals surface area contributed by atoms with Crippen molar-refractivity contribution >= 4 is 29.9 Å². The molecule has 0 fully saturated rings. The summed E-state index contributed by atoms with van der Waals surface area (Å²) in [4.78, 5) is 4.17. The van der Waals surface area contributed by atoms with Gasteiger partial charge in [0.2, 0.25) is 0 Å². The van der Waals surface area contributed by atoms with E-state index in [-0.39, 0.29) is 36.4 Å². The van der Waals surface area contributed by atoms with Gasteiger partial charge in [0.25, 0.3) is 0 Å². The quantitative estimate of drug-likeness (QED) is 0.366. The number of aliphatic imine (C=N–C) groups is 1. The van der Waals surface area contributed by atoms with Crippen LogP contribution in [-0.2, 0) is 19.6 Å². The molecule has 130 valence electrons. The molecule has 0 aliphatic carbocycles. The maximum Gasteiger partial charge on any atom is 0.191 e. The molecule has 0 aromatic heterocycles. The fourth-order valence-electron chi connectivity index (χ4n) is 2.24. The summed E-state index contributed by atoms with van der Waals surface area (Å²) in [6, 6.07) is 14.9. The molecule has 24 heavy (non-hydrogen) atoms. The van der Waals surface area contributed by atoms with E-state index in [0.29, 0.717) is 18.1 Å². The Morgan fingerprint density at radius 1 is 1.08 bits per heavy atom. The van der Waals surface area contributed by atoms with E-state index in [1.54, 1.807) is 19.2 Å². The number of nitrogens with one attached hydrogen (secondary N) is 2. The van der Waals surface area contributed by atoms with Crippen molar-refractivity contribution in [1.29, 1.82) is 0 Å². The van der Waals surface area contributed by atoms with E-state index in [0.717, 1.165) is 18.5 Å². The predicted octanol–water partition coefficient (Wildman–Crippen LogP) is 2.84. The Labute approximate surface area is 159 Å². The molecule has 6 heteroatoms. The third-order valence-electron chi connectivity index (χ3n) is 3.51. The number of guanidine groups is 1. The van der Waals surface area contributed by atoms with Crippen LogP contribution in [0.2, 0.25) is 0 Å². The number of nitrogens with zero attached hydrogens (tertiary/aromatic N) is 1. The first kappa shape index (κ1) is 20.4. The Morgan fingerprint density at radius 2 is 1.83 bits per heavy atom. The van der Waals surface area contributed by atoms with Gasteiger partial charge in [-0.1, -0.05) is 36.4 Å². The molecule has 3 N–H and O–H groups in total. The van der Waals surface area contributed by atoms with Gasteiger partial charge in [-0.3, -0.25) is 4.99 Å². The molecule has 2 aromatic rings. The van der Waals surface area contributed by atoms with Gasteiger partial charge in [-0.15, -0.1) is 24.0 Å². The van der Waals surface area contributed by atoms with Crippen molar-refractivity contribution < 1.29 is 9.50 Å². The lowest BCUT2D eigenvalue weighted by molar-refractivity contribution is 0.275. The highest BCUT2D eigenvalue weighted by atomic mass is 127. The molecule has 0 unspecified atom stereocenters. The van der Waals surface area contributed by atoms with Crippen molar-refractivity contribution in [2.75, 3.05) is 13.6 Å². The van der Waals surface area contributed by atoms with Crippen LogP contribution in [-0.4, -0.2) is 24.7 Å². The molecule has 0 saturated carbocycles. The number of aliphatic hydroxyl groups is 1. The minimum atomic E-state index is -0.387. The summed E-state index contributed by atoms with van der Waals surface area (Å²) in [5.74, 6) is 0.303. The van der Waals surface area contributed by atoms with Gasteiger partial charge >= 0.3 is 0 Å². The summed E-state index contributed by atoms with van der Waals surface area (Å²) in [7, 11) is 1.71. The molecule has 0 heterocycles. The molecule has 0 radical (unpaired) electrons. The minimum absolute atomic E-state index is 0. The summed E-state index contributed by atoms with van der Waals surface area (Å²) in [6.07, 6.45) is 0.909. The zero-order valence-corrected chi connectivity index (χ0v) is 16.0. The highest BCUT2D eigenvalue weighted by Gasteiger charge is 2.03. The monoisotopic (exact) mass is 443 g/mol. The van der Waals surface area contributed by atoms with Crippen molar-refractivity contribution in [3.8, 4) is 0 Å². The fraction of sp³-hybridized carbons (Fsp3) is 0.278. The third kappa shape index (κ3) is 6.45. The number of rotatable bonds is 6. The Balaban J connectivity index is 0.00000288. The normalized spacial score (nSPS) is 10.9. The Kier molecular flexibility index (Phi) is 9.33. The minimum Gasteiger partial charge on any atom is -0.392 e. The average molecular weight is 443 g/mol. The van der Waals surface area contributed by atoms with Crippen molar-refractivity contribution in [3.05, 3.63) is 71.0 Å². The Morgan fingerprint density at radius 3 is 2.50 bits per heavy atom. The van der Waals surface area contributed by atoms with Crippen LogP contribution in [0.15, 0.2) is 53.5 Å². The van der Waals surface area contributed by atoms with Crippen LogP contribution in [0.1, 0.15) is 16.7 Å². The molecule has 0 spiro atoms. The molecule has 2 aromatic carbocycles. The van der Waals surface area contributed by atoms with E-state index < -0.39 is 0 Å². The first-order valence-electron chi connectivity index (χ1n) is 7.59. The summed E-state index contributed by atoms with van der Waals surface area (Å²) in [6.45, 7) is 0.983. The fourth-order valence-corrected chi connectivity index (χ4v) is 2.24. The molecule has 0 aliphatic heterocycles. The van der Waals surface area contributed by atoms with Gasteiger partial charge in [0.1, 0.15) is 5.82 Å². The molecule has 0 aliphatic rings. The summed E-state index contributed by atoms with van der Waals surface area (Å²) >= 11 is 0. The van der Waals surface area contributed by atoms with E-state index in [1.807, 2.05) is 18.2 Å². The summed E-state index contributed by atoms with van der Waals surface area (Å²) in [5, 5.41) is 15.5. The zero-order valence-electron chi connectivity index (χ0n) is 13.6. The van der Waals surface area contributed by atoms with Crippen LogP contribution in [0.25, 0.3) is 0 Å². The van der Waals surface area contributed by atoms with E-state index >= 15 is 0 Å². The number of halogens is 2. The lowest BCUT2D eigenvalue weighted by atomic mass is 10.1. The van der Waals surface area contributed by atoms with Crippen LogP contribution in [0.5, 0.6) is 0 Å². The van der Waals surface area contributed by atoms with Crippen molar-refractivity contribution in [2.24, 2.45) is 4.99 Å². The lowest BCUT2D eigenvalue weighted by Gasteiger charge is -2.12. The van der Waals surface area contributed by atoms with Gasteiger partial charge in [-0.2, -0.15) is 0 Å². The van der Waals surface area contributed by atoms with Crippen LogP contribution in [0.3, 0.4) is 0 Å². The van der Waals surface area contributed by atoms with Gasteiger partial charge in [-0.25, -0.2) is 4.39 Å². The first-order valence-corrected chi connectivity index (χ1v) is 7.59. The highest BCUT2D eigenvalue weighted by Crippen LogP contribution is 2.10. The van der Waals surface area contributed by atoms with Gasteiger partial charge in [0, 0.05) is 25.7 Å². The predicted molar refractivity (Wildman–Crippen MR) is 106 cm³/mol. The number of aliphatic hydroxyl groups excluding tert-OH is 1. The van der Waals surface area contributed by atoms with Crippen LogP contribution >= 0.6 is 24.0 Å². The molecule has 2 rings (SSSR count). The van der Waals surface area contributed by atoms with Crippen LogP contribution < -0.4 is 10.6 Å². The standard InChI is InChI=1S/C18H22FN3O.HI/c1-20-18(21-10-9-14-5-3-2-4-6-14)22-12-15-7-8-17(19)16(11-15)13-23;/h2-8,11,23H,9-10,12-13H2,1H3,(H2,20,21,22);1H. The highest BCUT2D eigenvalue weighted by molar-refractivity contribution is 14.0. The van der Waals surface area contributed by atoms with Crippen molar-refractivity contribution in [1.82, 2.24) is 10.6 Å². The molecule has 0 atom stereocenters.